The molecule has 1 aromatic heterocycles. The van der Waals surface area contributed by atoms with Crippen LogP contribution in [0.2, 0.25) is 0 Å². The Morgan fingerprint density at radius 3 is 3.25 bits per heavy atom. The van der Waals surface area contributed by atoms with Gasteiger partial charge in [-0.3, -0.25) is 9.78 Å². The molecule has 0 fully saturated rings. The minimum Gasteiger partial charge on any atom is -0.369 e. The van der Waals surface area contributed by atoms with E-state index in [9.17, 15) is 4.79 Å². The van der Waals surface area contributed by atoms with Crippen LogP contribution in [-0.2, 0) is 5.75 Å². The fourth-order valence-electron chi connectivity index (χ4n) is 1.01. The third-order valence-corrected chi connectivity index (χ3v) is 3.82. The summed E-state index contributed by atoms with van der Waals surface area (Å²) >= 11 is 3.27. The Labute approximate surface area is 77.3 Å². The lowest BCUT2D eigenvalue weighted by Crippen LogP contribution is -2.17. The molecule has 0 unspecified atom stereocenters. The number of aromatic amines is 1. The van der Waals surface area contributed by atoms with E-state index >= 15 is 0 Å². The summed E-state index contributed by atoms with van der Waals surface area (Å²) < 4.78 is 0. The average molecular weight is 201 g/mol. The summed E-state index contributed by atoms with van der Waals surface area (Å²) in [6.45, 7) is 0. The minimum atomic E-state index is -0.109. The topological polar surface area (TPSA) is 71.8 Å². The molecule has 3 N–H and O–H groups in total. The van der Waals surface area contributed by atoms with E-state index in [0.717, 1.165) is 21.4 Å². The highest BCUT2D eigenvalue weighted by molar-refractivity contribution is 8.16. The number of nitrogen functional groups attached to an aromatic ring is 1. The van der Waals surface area contributed by atoms with Gasteiger partial charge in [-0.05, 0) is 0 Å². The number of nitrogens with zero attached hydrogens (tertiary/aromatic N) is 1. The monoisotopic (exact) mass is 201 g/mol. The van der Waals surface area contributed by atoms with Gasteiger partial charge in [-0.25, -0.2) is 4.98 Å². The van der Waals surface area contributed by atoms with Gasteiger partial charge >= 0.3 is 0 Å². The van der Waals surface area contributed by atoms with Crippen LogP contribution in [0.4, 0.5) is 5.95 Å². The Kier molecular flexibility index (Phi) is 2.02. The number of rotatable bonds is 0. The van der Waals surface area contributed by atoms with Gasteiger partial charge in [-0.15, -0.1) is 23.5 Å². The van der Waals surface area contributed by atoms with Crippen LogP contribution in [0.15, 0.2) is 9.69 Å². The molecule has 12 heavy (non-hydrogen) atoms. The molecule has 1 aliphatic heterocycles. The van der Waals surface area contributed by atoms with E-state index in [-0.39, 0.29) is 11.5 Å². The second kappa shape index (κ2) is 3.02. The van der Waals surface area contributed by atoms with Crippen LogP contribution in [0.5, 0.6) is 0 Å². The Morgan fingerprint density at radius 1 is 1.58 bits per heavy atom. The molecule has 0 aromatic carbocycles. The summed E-state index contributed by atoms with van der Waals surface area (Å²) in [5.74, 6) is 0.998. The smallest absolute Gasteiger partial charge is 0.266 e. The summed E-state index contributed by atoms with van der Waals surface area (Å²) in [7, 11) is 0. The Balaban J connectivity index is 2.60. The van der Waals surface area contributed by atoms with Gasteiger partial charge in [0.1, 0.15) is 0 Å². The highest BCUT2D eigenvalue weighted by atomic mass is 32.2. The SMILES string of the molecule is Nc1nc2c(c(=O)[nH]1)SCSC2. The van der Waals surface area contributed by atoms with E-state index in [1.807, 2.05) is 0 Å². The Morgan fingerprint density at radius 2 is 2.42 bits per heavy atom. The third kappa shape index (κ3) is 1.32. The quantitative estimate of drug-likeness (QED) is 0.644. The molecule has 0 atom stereocenters. The summed E-state index contributed by atoms with van der Waals surface area (Å²) in [4.78, 5) is 18.5. The second-order valence-electron chi connectivity index (χ2n) is 2.34. The predicted octanol–water partition coefficient (Wildman–Crippen LogP) is 0.649. The number of nitrogens with one attached hydrogen (secondary N) is 1. The van der Waals surface area contributed by atoms with Gasteiger partial charge < -0.3 is 5.73 Å². The molecule has 0 saturated heterocycles. The number of anilines is 1. The van der Waals surface area contributed by atoms with Crippen molar-refractivity contribution >= 4 is 29.5 Å². The number of H-pyrrole nitrogens is 1. The van der Waals surface area contributed by atoms with E-state index in [1.54, 1.807) is 11.8 Å². The molecule has 64 valence electrons. The largest absolute Gasteiger partial charge is 0.369 e. The normalized spacial score (nSPS) is 15.7. The van der Waals surface area contributed by atoms with Crippen molar-refractivity contribution < 1.29 is 0 Å². The highest BCUT2D eigenvalue weighted by Gasteiger charge is 2.15. The van der Waals surface area contributed by atoms with Gasteiger partial charge in [0.05, 0.1) is 10.6 Å². The number of hydrogen-bond donors (Lipinski definition) is 2. The zero-order valence-electron chi connectivity index (χ0n) is 6.16. The van der Waals surface area contributed by atoms with Gasteiger partial charge in [0.15, 0.2) is 0 Å². The molecule has 1 aliphatic rings. The predicted molar refractivity (Wildman–Crippen MR) is 51.3 cm³/mol. The third-order valence-electron chi connectivity index (χ3n) is 1.49. The molecular formula is C6H7N3OS2. The maximum atomic E-state index is 11.3. The van der Waals surface area contributed by atoms with E-state index in [4.69, 9.17) is 5.73 Å². The van der Waals surface area contributed by atoms with Gasteiger partial charge in [0, 0.05) is 10.8 Å². The highest BCUT2D eigenvalue weighted by Crippen LogP contribution is 2.31. The van der Waals surface area contributed by atoms with Crippen LogP contribution in [-0.4, -0.2) is 15.1 Å². The maximum Gasteiger partial charge on any atom is 0.266 e. The van der Waals surface area contributed by atoms with Crippen molar-refractivity contribution in [3.63, 3.8) is 0 Å². The molecule has 0 bridgehead atoms. The van der Waals surface area contributed by atoms with Crippen LogP contribution in [0, 0.1) is 0 Å². The van der Waals surface area contributed by atoms with E-state index in [2.05, 4.69) is 9.97 Å². The minimum absolute atomic E-state index is 0.109. The van der Waals surface area contributed by atoms with Crippen molar-refractivity contribution in [3.05, 3.63) is 16.0 Å². The molecule has 0 radical (unpaired) electrons. The fraction of sp³-hybridized carbons (Fsp3) is 0.333. The molecule has 0 saturated carbocycles. The summed E-state index contributed by atoms with van der Waals surface area (Å²) in [6.07, 6.45) is 0. The fourth-order valence-corrected chi connectivity index (χ4v) is 3.11. The number of thioether (sulfide) groups is 2. The van der Waals surface area contributed by atoms with Crippen LogP contribution in [0.3, 0.4) is 0 Å². The number of nitrogens with two attached hydrogens (primary N) is 1. The van der Waals surface area contributed by atoms with Crippen molar-refractivity contribution in [3.8, 4) is 0 Å². The van der Waals surface area contributed by atoms with Crippen LogP contribution in [0.25, 0.3) is 0 Å². The standard InChI is InChI=1S/C6H7N3OS2/c7-6-8-3-1-11-2-12-4(3)5(10)9-6/h1-2H2,(H3,7,8,9,10). The van der Waals surface area contributed by atoms with Gasteiger partial charge in [0.25, 0.3) is 5.56 Å². The molecule has 2 rings (SSSR count). The van der Waals surface area contributed by atoms with Crippen molar-refractivity contribution in [1.29, 1.82) is 0 Å². The molecule has 2 heterocycles. The molecule has 6 heteroatoms. The molecule has 0 amide bonds. The lowest BCUT2D eigenvalue weighted by Gasteiger charge is -2.12. The van der Waals surface area contributed by atoms with Crippen molar-refractivity contribution in [2.75, 3.05) is 10.8 Å². The van der Waals surface area contributed by atoms with Gasteiger partial charge in [-0.2, -0.15) is 0 Å². The van der Waals surface area contributed by atoms with E-state index in [1.165, 1.54) is 11.8 Å². The summed E-state index contributed by atoms with van der Waals surface area (Å²) in [5.41, 5.74) is 6.11. The van der Waals surface area contributed by atoms with E-state index in [0.29, 0.717) is 0 Å². The van der Waals surface area contributed by atoms with Crippen molar-refractivity contribution in [2.24, 2.45) is 0 Å². The molecule has 1 aromatic rings. The number of hydrogen-bond acceptors (Lipinski definition) is 5. The summed E-state index contributed by atoms with van der Waals surface area (Å²) in [6, 6.07) is 0. The zero-order valence-corrected chi connectivity index (χ0v) is 7.80. The molecule has 4 nitrogen and oxygen atoms in total. The van der Waals surface area contributed by atoms with Crippen molar-refractivity contribution in [2.45, 2.75) is 10.6 Å². The molecular weight excluding hydrogens is 194 g/mol. The lowest BCUT2D eigenvalue weighted by atomic mass is 10.4. The number of fused-ring (bicyclic) bond motifs is 1. The number of aromatic nitrogens is 2. The first-order valence-electron chi connectivity index (χ1n) is 3.36. The summed E-state index contributed by atoms with van der Waals surface area (Å²) in [5, 5.41) is 0.918. The Bertz CT molecular complexity index is 362. The van der Waals surface area contributed by atoms with Gasteiger partial charge in [0.2, 0.25) is 5.95 Å². The van der Waals surface area contributed by atoms with E-state index < -0.39 is 0 Å². The Hall–Kier alpha value is -0.620. The first-order chi connectivity index (χ1) is 5.77. The molecule has 0 aliphatic carbocycles. The van der Waals surface area contributed by atoms with Gasteiger partial charge in [-0.1, -0.05) is 0 Å². The van der Waals surface area contributed by atoms with Crippen LogP contribution >= 0.6 is 23.5 Å². The zero-order chi connectivity index (χ0) is 8.55. The maximum absolute atomic E-state index is 11.3. The van der Waals surface area contributed by atoms with Crippen LogP contribution in [0.1, 0.15) is 5.69 Å². The van der Waals surface area contributed by atoms with Crippen molar-refractivity contribution in [1.82, 2.24) is 9.97 Å². The first kappa shape index (κ1) is 8.00. The first-order valence-corrected chi connectivity index (χ1v) is 5.50. The molecule has 0 spiro atoms. The van der Waals surface area contributed by atoms with Crippen LogP contribution < -0.4 is 11.3 Å². The average Bonchev–Trinajstić information content (AvgIpc) is 2.04. The lowest BCUT2D eigenvalue weighted by molar-refractivity contribution is 0.984. The second-order valence-corrected chi connectivity index (χ2v) is 4.67.